The van der Waals surface area contributed by atoms with E-state index in [1.54, 1.807) is 0 Å². The molecule has 1 aromatic heterocycles. The number of nitrogens with one attached hydrogen (secondary N) is 1. The van der Waals surface area contributed by atoms with Crippen molar-refractivity contribution in [2.24, 2.45) is 5.84 Å². The molecule has 0 radical (unpaired) electrons. The van der Waals surface area contributed by atoms with E-state index in [1.807, 2.05) is 5.01 Å². The molecule has 0 atom stereocenters. The number of aromatic amines is 1. The number of nitrogens with two attached hydrogens (primary N) is 1. The van der Waals surface area contributed by atoms with Crippen molar-refractivity contribution in [1.29, 1.82) is 0 Å². The summed E-state index contributed by atoms with van der Waals surface area (Å²) >= 11 is 0. The highest BCUT2D eigenvalue weighted by molar-refractivity contribution is 5.82. The summed E-state index contributed by atoms with van der Waals surface area (Å²) in [5.74, 6) is 5.76. The van der Waals surface area contributed by atoms with E-state index in [-0.39, 0.29) is 0 Å². The number of hydrogen-bond acceptors (Lipinski definition) is 3. The van der Waals surface area contributed by atoms with Gasteiger partial charge in [-0.1, -0.05) is 18.2 Å². The van der Waals surface area contributed by atoms with E-state index in [0.29, 0.717) is 0 Å². The summed E-state index contributed by atoms with van der Waals surface area (Å²) in [6, 6.07) is 8.46. The highest BCUT2D eigenvalue weighted by atomic mass is 15.4. The van der Waals surface area contributed by atoms with Crippen LogP contribution in [0, 0.1) is 0 Å². The smallest absolute Gasteiger partial charge is 0.0457 e. The van der Waals surface area contributed by atoms with Crippen LogP contribution in [0.2, 0.25) is 0 Å². The maximum absolute atomic E-state index is 5.76. The number of fused-ring (bicyclic) bond motifs is 1. The molecule has 4 nitrogen and oxygen atoms in total. The topological polar surface area (TPSA) is 48.3 Å². The van der Waals surface area contributed by atoms with E-state index in [9.17, 15) is 0 Å². The van der Waals surface area contributed by atoms with Gasteiger partial charge in [0.1, 0.15) is 0 Å². The maximum Gasteiger partial charge on any atom is 0.0457 e. The average molecular weight is 230 g/mol. The molecule has 17 heavy (non-hydrogen) atoms. The number of hydrogen-bond donors (Lipinski definition) is 2. The van der Waals surface area contributed by atoms with E-state index in [2.05, 4.69) is 40.3 Å². The van der Waals surface area contributed by atoms with E-state index in [0.717, 1.165) is 32.7 Å². The zero-order chi connectivity index (χ0) is 11.7. The van der Waals surface area contributed by atoms with Gasteiger partial charge < -0.3 is 4.98 Å². The van der Waals surface area contributed by atoms with Crippen LogP contribution in [0.5, 0.6) is 0 Å². The van der Waals surface area contributed by atoms with Crippen molar-refractivity contribution >= 4 is 10.9 Å². The Labute approximate surface area is 101 Å². The highest BCUT2D eigenvalue weighted by Crippen LogP contribution is 2.19. The number of rotatable bonds is 2. The highest BCUT2D eigenvalue weighted by Gasteiger charge is 2.15. The van der Waals surface area contributed by atoms with Gasteiger partial charge in [0.15, 0.2) is 0 Å². The molecule has 90 valence electrons. The van der Waals surface area contributed by atoms with Crippen LogP contribution in [-0.4, -0.2) is 41.1 Å². The lowest BCUT2D eigenvalue weighted by Gasteiger charge is -2.31. The molecular weight excluding hydrogens is 212 g/mol. The molecule has 1 aliphatic rings. The summed E-state index contributed by atoms with van der Waals surface area (Å²) < 4.78 is 0. The van der Waals surface area contributed by atoms with Crippen LogP contribution in [0.4, 0.5) is 0 Å². The SMILES string of the molecule is NN1CCN(Cc2c[nH]c3ccccc23)CC1. The van der Waals surface area contributed by atoms with Crippen LogP contribution in [0.15, 0.2) is 30.5 Å². The van der Waals surface area contributed by atoms with Crippen molar-refractivity contribution in [3.63, 3.8) is 0 Å². The molecule has 1 aliphatic heterocycles. The largest absolute Gasteiger partial charge is 0.361 e. The third-order valence-electron chi connectivity index (χ3n) is 3.48. The summed E-state index contributed by atoms with van der Waals surface area (Å²) in [6.45, 7) is 5.04. The molecule has 3 rings (SSSR count). The number of hydrazine groups is 1. The summed E-state index contributed by atoms with van der Waals surface area (Å²) in [7, 11) is 0. The fourth-order valence-electron chi connectivity index (χ4n) is 2.42. The van der Waals surface area contributed by atoms with Gasteiger partial charge in [0.2, 0.25) is 0 Å². The minimum absolute atomic E-state index is 0.961. The Bertz CT molecular complexity index is 497. The molecule has 2 heterocycles. The van der Waals surface area contributed by atoms with Crippen LogP contribution in [-0.2, 0) is 6.54 Å². The van der Waals surface area contributed by atoms with Crippen LogP contribution < -0.4 is 5.84 Å². The Kier molecular flexibility index (Phi) is 2.84. The minimum atomic E-state index is 0.961. The molecule has 1 aromatic carbocycles. The Morgan fingerprint density at radius 1 is 1.12 bits per heavy atom. The number of benzene rings is 1. The van der Waals surface area contributed by atoms with Gasteiger partial charge in [-0.2, -0.15) is 0 Å². The first kappa shape index (κ1) is 10.8. The van der Waals surface area contributed by atoms with Crippen molar-refractivity contribution in [3.8, 4) is 0 Å². The average Bonchev–Trinajstić information content (AvgIpc) is 2.76. The van der Waals surface area contributed by atoms with Crippen LogP contribution >= 0.6 is 0 Å². The lowest BCUT2D eigenvalue weighted by Crippen LogP contribution is -2.48. The molecule has 1 saturated heterocycles. The molecular formula is C13H18N4. The summed E-state index contributed by atoms with van der Waals surface area (Å²) in [6.07, 6.45) is 2.12. The number of aromatic nitrogens is 1. The molecule has 0 spiro atoms. The molecule has 1 fully saturated rings. The normalized spacial score (nSPS) is 18.9. The Morgan fingerprint density at radius 3 is 2.71 bits per heavy atom. The first-order valence-electron chi connectivity index (χ1n) is 6.10. The van der Waals surface area contributed by atoms with Crippen molar-refractivity contribution in [3.05, 3.63) is 36.0 Å². The standard InChI is InChI=1S/C13H18N4/c14-17-7-5-16(6-8-17)10-11-9-15-13-4-2-1-3-12(11)13/h1-4,9,15H,5-8,10,14H2. The molecule has 3 N–H and O–H groups in total. The number of H-pyrrole nitrogens is 1. The second-order valence-electron chi connectivity index (χ2n) is 4.67. The molecule has 0 saturated carbocycles. The van der Waals surface area contributed by atoms with Crippen LogP contribution in [0.1, 0.15) is 5.56 Å². The second-order valence-corrected chi connectivity index (χ2v) is 4.67. The predicted molar refractivity (Wildman–Crippen MR) is 69.3 cm³/mol. The summed E-state index contributed by atoms with van der Waals surface area (Å²) in [5.41, 5.74) is 2.60. The predicted octanol–water partition coefficient (Wildman–Crippen LogP) is 1.16. The van der Waals surface area contributed by atoms with E-state index in [1.165, 1.54) is 16.5 Å². The number of piperazine rings is 1. The molecule has 0 aliphatic carbocycles. The Balaban J connectivity index is 1.76. The quantitative estimate of drug-likeness (QED) is 0.761. The van der Waals surface area contributed by atoms with E-state index < -0.39 is 0 Å². The summed E-state index contributed by atoms with van der Waals surface area (Å²) in [4.78, 5) is 5.78. The van der Waals surface area contributed by atoms with Crippen LogP contribution in [0.25, 0.3) is 10.9 Å². The van der Waals surface area contributed by atoms with Crippen LogP contribution in [0.3, 0.4) is 0 Å². The van der Waals surface area contributed by atoms with Crippen molar-refractivity contribution in [2.45, 2.75) is 6.54 Å². The molecule has 2 aromatic rings. The zero-order valence-electron chi connectivity index (χ0n) is 9.89. The van der Waals surface area contributed by atoms with Gasteiger partial charge in [-0.05, 0) is 11.6 Å². The van der Waals surface area contributed by atoms with Gasteiger partial charge in [-0.25, -0.2) is 5.01 Å². The van der Waals surface area contributed by atoms with Crippen molar-refractivity contribution in [1.82, 2.24) is 14.9 Å². The second kappa shape index (κ2) is 4.49. The maximum atomic E-state index is 5.76. The fraction of sp³-hybridized carbons (Fsp3) is 0.385. The summed E-state index contributed by atoms with van der Waals surface area (Å²) in [5, 5.41) is 3.23. The van der Waals surface area contributed by atoms with Gasteiger partial charge in [0.05, 0.1) is 0 Å². The third kappa shape index (κ3) is 2.20. The van der Waals surface area contributed by atoms with Gasteiger partial charge in [-0.3, -0.25) is 10.7 Å². The van der Waals surface area contributed by atoms with Gasteiger partial charge >= 0.3 is 0 Å². The minimum Gasteiger partial charge on any atom is -0.361 e. The van der Waals surface area contributed by atoms with Gasteiger partial charge in [0.25, 0.3) is 0 Å². The zero-order valence-corrected chi connectivity index (χ0v) is 9.89. The first-order chi connectivity index (χ1) is 8.33. The monoisotopic (exact) mass is 230 g/mol. The Hall–Kier alpha value is -1.36. The lowest BCUT2D eigenvalue weighted by atomic mass is 10.1. The lowest BCUT2D eigenvalue weighted by molar-refractivity contribution is 0.129. The Morgan fingerprint density at radius 2 is 1.88 bits per heavy atom. The van der Waals surface area contributed by atoms with E-state index >= 15 is 0 Å². The molecule has 0 bridgehead atoms. The van der Waals surface area contributed by atoms with Crippen molar-refractivity contribution in [2.75, 3.05) is 26.2 Å². The van der Waals surface area contributed by atoms with E-state index in [4.69, 9.17) is 5.84 Å². The number of para-hydroxylation sites is 1. The van der Waals surface area contributed by atoms with Crippen molar-refractivity contribution < 1.29 is 0 Å². The number of nitrogens with zero attached hydrogens (tertiary/aromatic N) is 2. The fourth-order valence-corrected chi connectivity index (χ4v) is 2.42. The van der Waals surface area contributed by atoms with Gasteiger partial charge in [0, 0.05) is 49.8 Å². The first-order valence-corrected chi connectivity index (χ1v) is 6.10. The molecule has 4 heteroatoms. The molecule has 0 unspecified atom stereocenters. The van der Waals surface area contributed by atoms with Gasteiger partial charge in [-0.15, -0.1) is 0 Å². The molecule has 0 amide bonds. The third-order valence-corrected chi connectivity index (χ3v) is 3.48.